The van der Waals surface area contributed by atoms with E-state index in [0.29, 0.717) is 0 Å². The van der Waals surface area contributed by atoms with E-state index in [4.69, 9.17) is 0 Å². The lowest BCUT2D eigenvalue weighted by Gasteiger charge is -2.36. The third kappa shape index (κ3) is 1.58. The highest BCUT2D eigenvalue weighted by Crippen LogP contribution is 2.28. The smallest absolute Gasteiger partial charge is 0.0552 e. The van der Waals surface area contributed by atoms with Crippen LogP contribution in [0.1, 0.15) is 5.56 Å². The van der Waals surface area contributed by atoms with Gasteiger partial charge in [-0.15, -0.1) is 0 Å². The van der Waals surface area contributed by atoms with Crippen LogP contribution in [0.15, 0.2) is 22.7 Å². The van der Waals surface area contributed by atoms with Crippen LogP contribution in [0, 0.1) is 0 Å². The fraction of sp³-hybridized carbons (Fsp3) is 0.400. The van der Waals surface area contributed by atoms with E-state index in [1.165, 1.54) is 15.7 Å². The molecule has 2 rings (SSSR count). The van der Waals surface area contributed by atoms with Gasteiger partial charge >= 0.3 is 0 Å². The molecule has 0 saturated carbocycles. The van der Waals surface area contributed by atoms with Gasteiger partial charge in [0.25, 0.3) is 0 Å². The topological polar surface area (TPSA) is 6.48 Å². The molecule has 0 N–H and O–H groups in total. The monoisotopic (exact) mass is 240 g/mol. The van der Waals surface area contributed by atoms with Crippen LogP contribution in [0.3, 0.4) is 0 Å². The SMILES string of the molecule is CN1CCc2cc(Br)ccc2N1C. The van der Waals surface area contributed by atoms with Crippen molar-refractivity contribution in [1.29, 1.82) is 0 Å². The maximum atomic E-state index is 3.49. The number of rotatable bonds is 0. The number of hydrogen-bond donors (Lipinski definition) is 0. The molecule has 1 aliphatic heterocycles. The lowest BCUT2D eigenvalue weighted by molar-refractivity contribution is 0.314. The molecule has 1 aromatic carbocycles. The maximum Gasteiger partial charge on any atom is 0.0552 e. The fourth-order valence-corrected chi connectivity index (χ4v) is 2.09. The second-order valence-electron chi connectivity index (χ2n) is 3.43. The Morgan fingerprint density at radius 3 is 2.85 bits per heavy atom. The van der Waals surface area contributed by atoms with Crippen molar-refractivity contribution in [2.45, 2.75) is 6.42 Å². The molecular formula is C10H13BrN2. The summed E-state index contributed by atoms with van der Waals surface area (Å²) >= 11 is 3.49. The van der Waals surface area contributed by atoms with Crippen molar-refractivity contribution in [3.05, 3.63) is 28.2 Å². The van der Waals surface area contributed by atoms with Gasteiger partial charge in [0.05, 0.1) is 5.69 Å². The van der Waals surface area contributed by atoms with Gasteiger partial charge in [-0.2, -0.15) is 0 Å². The molecule has 0 bridgehead atoms. The normalized spacial score (nSPS) is 17.3. The number of anilines is 1. The predicted octanol–water partition coefficient (Wildman–Crippen LogP) is 2.29. The van der Waals surface area contributed by atoms with Crippen molar-refractivity contribution < 1.29 is 0 Å². The van der Waals surface area contributed by atoms with Crippen molar-refractivity contribution in [2.75, 3.05) is 25.6 Å². The molecule has 3 heteroatoms. The predicted molar refractivity (Wildman–Crippen MR) is 58.9 cm³/mol. The number of fused-ring (bicyclic) bond motifs is 1. The van der Waals surface area contributed by atoms with Crippen molar-refractivity contribution in [3.63, 3.8) is 0 Å². The Morgan fingerprint density at radius 2 is 2.08 bits per heavy atom. The summed E-state index contributed by atoms with van der Waals surface area (Å²) in [5.41, 5.74) is 2.74. The Balaban J connectivity index is 2.44. The van der Waals surface area contributed by atoms with Crippen molar-refractivity contribution in [2.24, 2.45) is 0 Å². The Hall–Kier alpha value is -0.540. The Labute approximate surface area is 87.2 Å². The summed E-state index contributed by atoms with van der Waals surface area (Å²) in [6.45, 7) is 1.10. The van der Waals surface area contributed by atoms with E-state index in [2.05, 4.69) is 58.2 Å². The van der Waals surface area contributed by atoms with Gasteiger partial charge in [0.15, 0.2) is 0 Å². The van der Waals surface area contributed by atoms with E-state index in [0.717, 1.165) is 13.0 Å². The minimum atomic E-state index is 1.10. The molecule has 0 spiro atoms. The van der Waals surface area contributed by atoms with Gasteiger partial charge < -0.3 is 5.01 Å². The van der Waals surface area contributed by atoms with Gasteiger partial charge in [-0.25, -0.2) is 5.01 Å². The quantitative estimate of drug-likeness (QED) is 0.687. The van der Waals surface area contributed by atoms with Crippen LogP contribution in [0.4, 0.5) is 5.69 Å². The number of halogens is 1. The van der Waals surface area contributed by atoms with E-state index >= 15 is 0 Å². The minimum absolute atomic E-state index is 1.10. The number of nitrogens with zero attached hydrogens (tertiary/aromatic N) is 2. The van der Waals surface area contributed by atoms with E-state index in [1.54, 1.807) is 0 Å². The van der Waals surface area contributed by atoms with Crippen molar-refractivity contribution in [1.82, 2.24) is 5.01 Å². The first-order chi connectivity index (χ1) is 6.18. The summed E-state index contributed by atoms with van der Waals surface area (Å²) in [6.07, 6.45) is 1.13. The zero-order valence-electron chi connectivity index (χ0n) is 7.92. The molecule has 0 saturated heterocycles. The molecule has 0 aromatic heterocycles. The Morgan fingerprint density at radius 1 is 1.31 bits per heavy atom. The van der Waals surface area contributed by atoms with Crippen LogP contribution >= 0.6 is 15.9 Å². The highest BCUT2D eigenvalue weighted by molar-refractivity contribution is 9.10. The molecule has 0 unspecified atom stereocenters. The average Bonchev–Trinajstić information content (AvgIpc) is 2.12. The maximum absolute atomic E-state index is 3.49. The van der Waals surface area contributed by atoms with Crippen molar-refractivity contribution >= 4 is 21.6 Å². The van der Waals surface area contributed by atoms with Gasteiger partial charge in [0, 0.05) is 25.1 Å². The standard InChI is InChI=1S/C10H13BrN2/c1-12-6-5-8-7-9(11)3-4-10(8)13(12)2/h3-4,7H,5-6H2,1-2H3. The minimum Gasteiger partial charge on any atom is -0.309 e. The summed E-state index contributed by atoms with van der Waals surface area (Å²) in [5, 5.41) is 4.43. The molecule has 13 heavy (non-hydrogen) atoms. The fourth-order valence-electron chi connectivity index (χ4n) is 1.69. The zero-order chi connectivity index (χ0) is 9.42. The lowest BCUT2D eigenvalue weighted by Crippen LogP contribution is -2.41. The summed E-state index contributed by atoms with van der Waals surface area (Å²) < 4.78 is 1.17. The summed E-state index contributed by atoms with van der Waals surface area (Å²) in [5.74, 6) is 0. The van der Waals surface area contributed by atoms with Gasteiger partial charge in [0.2, 0.25) is 0 Å². The van der Waals surface area contributed by atoms with Gasteiger partial charge in [0.1, 0.15) is 0 Å². The van der Waals surface area contributed by atoms with Crippen LogP contribution in [0.5, 0.6) is 0 Å². The van der Waals surface area contributed by atoms with Crippen LogP contribution in [0.2, 0.25) is 0 Å². The second-order valence-corrected chi connectivity index (χ2v) is 4.34. The van der Waals surface area contributed by atoms with E-state index in [-0.39, 0.29) is 0 Å². The van der Waals surface area contributed by atoms with E-state index in [9.17, 15) is 0 Å². The average molecular weight is 241 g/mol. The summed E-state index contributed by atoms with van der Waals surface area (Å²) in [6, 6.07) is 6.46. The highest BCUT2D eigenvalue weighted by Gasteiger charge is 2.17. The van der Waals surface area contributed by atoms with Gasteiger partial charge in [-0.3, -0.25) is 0 Å². The first-order valence-corrected chi connectivity index (χ1v) is 5.21. The molecular weight excluding hydrogens is 228 g/mol. The number of benzene rings is 1. The highest BCUT2D eigenvalue weighted by atomic mass is 79.9. The third-order valence-electron chi connectivity index (χ3n) is 2.61. The molecule has 2 nitrogen and oxygen atoms in total. The lowest BCUT2D eigenvalue weighted by atomic mass is 10.1. The molecule has 0 radical (unpaired) electrons. The Bertz CT molecular complexity index is 325. The molecule has 0 aliphatic carbocycles. The van der Waals surface area contributed by atoms with Gasteiger partial charge in [-0.05, 0) is 30.2 Å². The van der Waals surface area contributed by atoms with Crippen LogP contribution in [-0.4, -0.2) is 25.6 Å². The Kier molecular flexibility index (Phi) is 2.30. The summed E-state index contributed by atoms with van der Waals surface area (Å²) in [7, 11) is 4.22. The second kappa shape index (κ2) is 3.31. The van der Waals surface area contributed by atoms with E-state index < -0.39 is 0 Å². The largest absolute Gasteiger partial charge is 0.309 e. The van der Waals surface area contributed by atoms with Crippen LogP contribution < -0.4 is 5.01 Å². The number of likely N-dealkylation sites (N-methyl/N-ethyl adjacent to an activating group) is 1. The zero-order valence-corrected chi connectivity index (χ0v) is 9.50. The van der Waals surface area contributed by atoms with Crippen LogP contribution in [0.25, 0.3) is 0 Å². The summed E-state index contributed by atoms with van der Waals surface area (Å²) in [4.78, 5) is 0. The first-order valence-electron chi connectivity index (χ1n) is 4.41. The molecule has 0 atom stereocenters. The van der Waals surface area contributed by atoms with Crippen molar-refractivity contribution in [3.8, 4) is 0 Å². The number of hydrazine groups is 1. The van der Waals surface area contributed by atoms with Crippen LogP contribution in [-0.2, 0) is 6.42 Å². The molecule has 0 amide bonds. The first kappa shape index (κ1) is 9.03. The van der Waals surface area contributed by atoms with E-state index in [1.807, 2.05) is 0 Å². The molecule has 70 valence electrons. The van der Waals surface area contributed by atoms with Gasteiger partial charge in [-0.1, -0.05) is 15.9 Å². The molecule has 1 aromatic rings. The molecule has 1 aliphatic rings. The molecule has 0 fully saturated rings. The third-order valence-corrected chi connectivity index (χ3v) is 3.10. The number of hydrogen-bond acceptors (Lipinski definition) is 2. The molecule has 1 heterocycles.